The van der Waals surface area contributed by atoms with Gasteiger partial charge in [0.25, 0.3) is 0 Å². The van der Waals surface area contributed by atoms with Crippen molar-refractivity contribution >= 4 is 10.8 Å². The van der Waals surface area contributed by atoms with Crippen molar-refractivity contribution in [2.45, 2.75) is 0 Å². The largest absolute Gasteiger partial charge is 0.201 e. The first kappa shape index (κ1) is 8.11. The van der Waals surface area contributed by atoms with Crippen LogP contribution in [0, 0.1) is 0 Å². The minimum Gasteiger partial charge on any atom is -0.201 e. The Hall–Kier alpha value is -2.23. The van der Waals surface area contributed by atoms with Crippen molar-refractivity contribution in [1.82, 2.24) is 20.2 Å². The van der Waals surface area contributed by atoms with Gasteiger partial charge in [-0.15, -0.1) is 5.10 Å². The predicted octanol–water partition coefficient (Wildman–Crippen LogP) is 1.82. The van der Waals surface area contributed by atoms with E-state index in [0.29, 0.717) is 0 Å². The summed E-state index contributed by atoms with van der Waals surface area (Å²) in [6.07, 6.45) is 1.59. The van der Waals surface area contributed by atoms with Gasteiger partial charge in [-0.2, -0.15) is 0 Å². The Balaban J connectivity index is 2.22. The van der Waals surface area contributed by atoms with Gasteiger partial charge >= 0.3 is 0 Å². The minimum absolute atomic E-state index is 0.971. The van der Waals surface area contributed by atoms with E-state index in [1.165, 1.54) is 10.8 Å². The first-order chi connectivity index (χ1) is 7.43. The Morgan fingerprint density at radius 2 is 1.80 bits per heavy atom. The average Bonchev–Trinajstić information content (AvgIpc) is 2.82. The summed E-state index contributed by atoms with van der Waals surface area (Å²) in [5.74, 6) is 0. The number of rotatable bonds is 1. The Morgan fingerprint density at radius 1 is 0.933 bits per heavy atom. The maximum Gasteiger partial charge on any atom is 0.143 e. The molecule has 0 radical (unpaired) electrons. The summed E-state index contributed by atoms with van der Waals surface area (Å²) in [4.78, 5) is 0. The highest BCUT2D eigenvalue weighted by Gasteiger charge is 1.98. The molecule has 15 heavy (non-hydrogen) atoms. The molecular formula is C11H8N4. The molecule has 3 rings (SSSR count). The molecule has 1 heterocycles. The maximum absolute atomic E-state index is 3.85. The second-order valence-electron chi connectivity index (χ2n) is 3.29. The van der Waals surface area contributed by atoms with E-state index >= 15 is 0 Å². The van der Waals surface area contributed by atoms with Gasteiger partial charge in [-0.3, -0.25) is 0 Å². The highest BCUT2D eigenvalue weighted by Crippen LogP contribution is 2.17. The van der Waals surface area contributed by atoms with Crippen LogP contribution < -0.4 is 0 Å². The summed E-state index contributed by atoms with van der Waals surface area (Å²) in [6, 6.07) is 14.3. The average molecular weight is 196 g/mol. The van der Waals surface area contributed by atoms with Gasteiger partial charge in [-0.05, 0) is 33.3 Å². The minimum atomic E-state index is 0.971. The molecule has 0 saturated heterocycles. The molecule has 72 valence electrons. The summed E-state index contributed by atoms with van der Waals surface area (Å²) in [5.41, 5.74) is 0.971. The van der Waals surface area contributed by atoms with Crippen LogP contribution >= 0.6 is 0 Å². The van der Waals surface area contributed by atoms with E-state index in [0.717, 1.165) is 5.69 Å². The van der Waals surface area contributed by atoms with Crippen molar-refractivity contribution in [3.63, 3.8) is 0 Å². The van der Waals surface area contributed by atoms with E-state index in [1.807, 2.05) is 18.2 Å². The van der Waals surface area contributed by atoms with Crippen molar-refractivity contribution in [3.05, 3.63) is 48.8 Å². The van der Waals surface area contributed by atoms with Crippen LogP contribution in [0.2, 0.25) is 0 Å². The lowest BCUT2D eigenvalue weighted by Gasteiger charge is -2.01. The molecule has 0 aliphatic carbocycles. The highest BCUT2D eigenvalue weighted by atomic mass is 15.5. The van der Waals surface area contributed by atoms with Gasteiger partial charge in [0.1, 0.15) is 6.33 Å². The van der Waals surface area contributed by atoms with E-state index in [4.69, 9.17) is 0 Å². The quantitative estimate of drug-likeness (QED) is 0.596. The third-order valence-electron chi connectivity index (χ3n) is 2.35. The lowest BCUT2D eigenvalue weighted by molar-refractivity contribution is 0.790. The van der Waals surface area contributed by atoms with E-state index in [9.17, 15) is 0 Å². The molecule has 0 spiro atoms. The van der Waals surface area contributed by atoms with Gasteiger partial charge in [0, 0.05) is 0 Å². The molecule has 0 amide bonds. The molecule has 0 aliphatic heterocycles. The second kappa shape index (κ2) is 3.16. The summed E-state index contributed by atoms with van der Waals surface area (Å²) >= 11 is 0. The fourth-order valence-electron chi connectivity index (χ4n) is 1.60. The number of benzene rings is 2. The lowest BCUT2D eigenvalue weighted by Crippen LogP contribution is -1.94. The molecule has 3 aromatic rings. The summed E-state index contributed by atoms with van der Waals surface area (Å²) in [5, 5.41) is 13.5. The molecule has 0 bridgehead atoms. The molecule has 0 saturated carbocycles. The van der Waals surface area contributed by atoms with Crippen molar-refractivity contribution in [2.24, 2.45) is 0 Å². The van der Waals surface area contributed by atoms with Crippen LogP contribution in [0.25, 0.3) is 16.5 Å². The van der Waals surface area contributed by atoms with E-state index in [2.05, 4.69) is 39.8 Å². The standard InChI is InChI=1S/C11H8N4/c1-2-4-10-7-11(6-5-9(10)3-1)15-8-12-13-14-15/h1-8H. The third-order valence-corrected chi connectivity index (χ3v) is 2.35. The normalized spacial score (nSPS) is 10.7. The van der Waals surface area contributed by atoms with Gasteiger partial charge < -0.3 is 0 Å². The van der Waals surface area contributed by atoms with Crippen molar-refractivity contribution in [2.75, 3.05) is 0 Å². The summed E-state index contributed by atoms with van der Waals surface area (Å²) < 4.78 is 1.65. The van der Waals surface area contributed by atoms with E-state index in [1.54, 1.807) is 11.0 Å². The van der Waals surface area contributed by atoms with E-state index in [-0.39, 0.29) is 0 Å². The number of tetrazole rings is 1. The zero-order chi connectivity index (χ0) is 10.1. The van der Waals surface area contributed by atoms with Crippen LogP contribution in [0.5, 0.6) is 0 Å². The third kappa shape index (κ3) is 1.36. The molecular weight excluding hydrogens is 188 g/mol. The molecule has 0 unspecified atom stereocenters. The van der Waals surface area contributed by atoms with Gasteiger partial charge in [-0.25, -0.2) is 4.68 Å². The Bertz CT molecular complexity index is 586. The monoisotopic (exact) mass is 196 g/mol. The van der Waals surface area contributed by atoms with Crippen LogP contribution in [0.3, 0.4) is 0 Å². The van der Waals surface area contributed by atoms with Crippen molar-refractivity contribution in [3.8, 4) is 5.69 Å². The molecule has 1 aromatic heterocycles. The number of nitrogens with zero attached hydrogens (tertiary/aromatic N) is 4. The van der Waals surface area contributed by atoms with Gasteiger partial charge in [0.2, 0.25) is 0 Å². The summed E-state index contributed by atoms with van der Waals surface area (Å²) in [7, 11) is 0. The predicted molar refractivity (Wildman–Crippen MR) is 56.7 cm³/mol. The van der Waals surface area contributed by atoms with Crippen LogP contribution in [0.1, 0.15) is 0 Å². The molecule has 0 atom stereocenters. The summed E-state index contributed by atoms with van der Waals surface area (Å²) in [6.45, 7) is 0. The highest BCUT2D eigenvalue weighted by molar-refractivity contribution is 5.84. The topological polar surface area (TPSA) is 43.6 Å². The van der Waals surface area contributed by atoms with Gasteiger partial charge in [0.15, 0.2) is 0 Å². The van der Waals surface area contributed by atoms with Gasteiger partial charge in [0.05, 0.1) is 5.69 Å². The SMILES string of the molecule is c1ccc2cc(-n3cnnn3)ccc2c1. The van der Waals surface area contributed by atoms with Crippen LogP contribution in [0.4, 0.5) is 0 Å². The van der Waals surface area contributed by atoms with Crippen molar-refractivity contribution < 1.29 is 0 Å². The molecule has 0 aliphatic rings. The molecule has 4 nitrogen and oxygen atoms in total. The van der Waals surface area contributed by atoms with Crippen molar-refractivity contribution in [1.29, 1.82) is 0 Å². The fourth-order valence-corrected chi connectivity index (χ4v) is 1.60. The Labute approximate surface area is 86.2 Å². The maximum atomic E-state index is 3.85. The number of aromatic nitrogens is 4. The number of hydrogen-bond acceptors (Lipinski definition) is 3. The number of hydrogen-bond donors (Lipinski definition) is 0. The van der Waals surface area contributed by atoms with Gasteiger partial charge in [-0.1, -0.05) is 30.3 Å². The zero-order valence-corrected chi connectivity index (χ0v) is 7.91. The fraction of sp³-hybridized carbons (Fsp3) is 0. The second-order valence-corrected chi connectivity index (χ2v) is 3.29. The first-order valence-electron chi connectivity index (χ1n) is 4.66. The Morgan fingerprint density at radius 3 is 2.60 bits per heavy atom. The molecule has 0 fully saturated rings. The van der Waals surface area contributed by atoms with E-state index < -0.39 is 0 Å². The van der Waals surface area contributed by atoms with Crippen LogP contribution in [0.15, 0.2) is 48.8 Å². The molecule has 4 heteroatoms. The number of fused-ring (bicyclic) bond motifs is 1. The first-order valence-corrected chi connectivity index (χ1v) is 4.66. The zero-order valence-electron chi connectivity index (χ0n) is 7.91. The molecule has 0 N–H and O–H groups in total. The smallest absolute Gasteiger partial charge is 0.143 e. The van der Waals surface area contributed by atoms with Crippen LogP contribution in [-0.4, -0.2) is 20.2 Å². The van der Waals surface area contributed by atoms with Crippen LogP contribution in [-0.2, 0) is 0 Å². The molecule has 2 aromatic carbocycles. The lowest BCUT2D eigenvalue weighted by atomic mass is 10.1. The Kier molecular flexibility index (Phi) is 1.71.